The molecule has 2 aromatic heterocycles. The maximum Gasteiger partial charge on any atom is 0.303 e. The van der Waals surface area contributed by atoms with Crippen LogP contribution in [-0.2, 0) is 16.0 Å². The van der Waals surface area contributed by atoms with Crippen molar-refractivity contribution in [1.29, 1.82) is 5.41 Å². The summed E-state index contributed by atoms with van der Waals surface area (Å²) in [6, 6.07) is 4.23. The molecule has 7 heteroatoms. The van der Waals surface area contributed by atoms with Crippen LogP contribution in [0.15, 0.2) is 54.1 Å². The predicted octanol–water partition coefficient (Wildman–Crippen LogP) is 9.32. The smallest absolute Gasteiger partial charge is 0.303 e. The Labute approximate surface area is 262 Å². The van der Waals surface area contributed by atoms with Crippen LogP contribution >= 0.6 is 0 Å². The second kappa shape index (κ2) is 20.6. The number of aromatic nitrogens is 2. The van der Waals surface area contributed by atoms with E-state index < -0.39 is 0 Å². The molecule has 0 aliphatic heterocycles. The van der Waals surface area contributed by atoms with E-state index in [-0.39, 0.29) is 11.6 Å². The number of aliphatic imine (C=N–C) groups is 1. The van der Waals surface area contributed by atoms with Crippen molar-refractivity contribution in [1.82, 2.24) is 14.7 Å². The van der Waals surface area contributed by atoms with Crippen LogP contribution in [-0.4, -0.2) is 39.4 Å². The van der Waals surface area contributed by atoms with Crippen LogP contribution in [0.25, 0.3) is 5.65 Å². The Bertz CT molecular complexity index is 1180. The lowest BCUT2D eigenvalue weighted by atomic mass is 10.2. The van der Waals surface area contributed by atoms with E-state index in [0.29, 0.717) is 11.8 Å². The van der Waals surface area contributed by atoms with Gasteiger partial charge in [0.25, 0.3) is 0 Å². The summed E-state index contributed by atoms with van der Waals surface area (Å²) in [6.45, 7) is 25.1. The van der Waals surface area contributed by atoms with Crippen molar-refractivity contribution in [3.05, 3.63) is 60.3 Å². The van der Waals surface area contributed by atoms with Gasteiger partial charge in [0.2, 0.25) is 0 Å². The summed E-state index contributed by atoms with van der Waals surface area (Å²) in [5, 5.41) is 10.1. The average molecular weight is 596 g/mol. The molecule has 7 nitrogen and oxygen atoms in total. The number of ether oxygens (including phenoxy) is 1. The Morgan fingerprint density at radius 3 is 2.05 bits per heavy atom. The number of carbonyl (C=O) groups is 1. The first-order chi connectivity index (χ1) is 20.2. The van der Waals surface area contributed by atoms with Gasteiger partial charge in [-0.25, -0.2) is 4.98 Å². The zero-order valence-corrected chi connectivity index (χ0v) is 29.3. The first-order valence-corrected chi connectivity index (χ1v) is 16.0. The molecule has 2 fully saturated rings. The molecule has 0 bridgehead atoms. The summed E-state index contributed by atoms with van der Waals surface area (Å²) in [5.41, 5.74) is 6.53. The first kappa shape index (κ1) is 39.8. The number of hydrogen-bond acceptors (Lipinski definition) is 6. The highest BCUT2D eigenvalue weighted by Crippen LogP contribution is 2.31. The van der Waals surface area contributed by atoms with E-state index >= 15 is 0 Å². The monoisotopic (exact) mass is 595 g/mol. The van der Waals surface area contributed by atoms with Crippen molar-refractivity contribution in [2.75, 3.05) is 7.05 Å². The zero-order chi connectivity index (χ0) is 33.2. The third kappa shape index (κ3) is 18.1. The van der Waals surface area contributed by atoms with Crippen LogP contribution in [0.2, 0.25) is 0 Å². The van der Waals surface area contributed by atoms with E-state index in [2.05, 4.69) is 84.6 Å². The zero-order valence-electron chi connectivity index (χ0n) is 29.3. The fraction of sp³-hybridized carbons (Fsp3) is 0.611. The highest BCUT2D eigenvalue weighted by atomic mass is 16.6. The van der Waals surface area contributed by atoms with Crippen molar-refractivity contribution in [2.45, 2.75) is 126 Å². The minimum atomic E-state index is -0.328. The summed E-state index contributed by atoms with van der Waals surface area (Å²) in [4.78, 5) is 19.1. The minimum absolute atomic E-state index is 0.225. The van der Waals surface area contributed by atoms with E-state index in [9.17, 15) is 4.79 Å². The summed E-state index contributed by atoms with van der Waals surface area (Å²) < 4.78 is 6.92. The van der Waals surface area contributed by atoms with E-state index in [1.54, 1.807) is 6.20 Å². The largest absolute Gasteiger partial charge is 0.460 e. The molecule has 2 N–H and O–H groups in total. The number of hydrogen-bond donors (Lipinski definition) is 2. The molecule has 242 valence electrons. The van der Waals surface area contributed by atoms with Crippen molar-refractivity contribution in [2.24, 2.45) is 16.8 Å². The van der Waals surface area contributed by atoms with Crippen LogP contribution in [0.3, 0.4) is 0 Å². The fourth-order valence-electron chi connectivity index (χ4n) is 3.79. The van der Waals surface area contributed by atoms with E-state index in [1.807, 2.05) is 48.6 Å². The molecule has 2 heterocycles. The third-order valence-corrected chi connectivity index (χ3v) is 6.41. The Balaban J connectivity index is 0.000000562. The number of rotatable bonds is 8. The Kier molecular flexibility index (Phi) is 19.1. The number of nitrogens with one attached hydrogen (secondary N) is 2. The summed E-state index contributed by atoms with van der Waals surface area (Å²) in [6.07, 6.45) is 15.4. The topological polar surface area (TPSA) is 91.8 Å². The van der Waals surface area contributed by atoms with Gasteiger partial charge < -0.3 is 19.9 Å². The molecule has 0 amide bonds. The SMILES string of the molecule is C=CN/C(=C/C(=NC)C1CC1)CC.CC.CC(=N)C1CC1.CC(=O)OC(C)(C)C.CCc1ccc2nc(C(C)C)cn2c1. The Morgan fingerprint density at radius 2 is 1.72 bits per heavy atom. The van der Waals surface area contributed by atoms with Gasteiger partial charge in [0.15, 0.2) is 0 Å². The number of aryl methyl sites for hydroxylation is 1. The average Bonchev–Trinajstić information content (AvgIpc) is 3.88. The lowest BCUT2D eigenvalue weighted by molar-refractivity contribution is -0.151. The molecule has 0 radical (unpaired) electrons. The molecule has 0 saturated heterocycles. The van der Waals surface area contributed by atoms with Gasteiger partial charge in [0.05, 0.1) is 5.69 Å². The molecular weight excluding hydrogens is 534 g/mol. The number of esters is 1. The van der Waals surface area contributed by atoms with Crippen molar-refractivity contribution in [3.63, 3.8) is 0 Å². The molecular formula is C36H61N5O2. The second-order valence-corrected chi connectivity index (χ2v) is 11.9. The highest BCUT2D eigenvalue weighted by Gasteiger charge is 2.25. The molecule has 2 saturated carbocycles. The standard InChI is InChI=1S/C12H16N2.C11H18N2.C6H12O2.C5H9N.C2H6/c1-4-10-5-6-12-13-11(9(2)3)8-14(12)7-10;1-4-10(13-5-2)8-11(12-3)9-6-7-9;1-5(7)8-6(2,3)4;1-4(6)5-2-3-5;1-2/h5-9H,4H2,1-3H3;5,8-9,13H,2,4,6-7H2,1,3H3;1-4H3;5-6H,2-3H2,1H3;1-2H3/b;10-8+,12-11?;;;. The number of pyridine rings is 1. The lowest BCUT2D eigenvalue weighted by Gasteiger charge is -2.17. The lowest BCUT2D eigenvalue weighted by Crippen LogP contribution is -2.21. The van der Waals surface area contributed by atoms with Crippen LogP contribution in [0, 0.1) is 17.2 Å². The fourth-order valence-corrected chi connectivity index (χ4v) is 3.79. The predicted molar refractivity (Wildman–Crippen MR) is 185 cm³/mol. The van der Waals surface area contributed by atoms with E-state index in [1.165, 1.54) is 55.3 Å². The second-order valence-electron chi connectivity index (χ2n) is 11.9. The molecule has 0 spiro atoms. The summed E-state index contributed by atoms with van der Waals surface area (Å²) in [7, 11) is 1.87. The number of nitrogens with zero attached hydrogens (tertiary/aromatic N) is 3. The van der Waals surface area contributed by atoms with E-state index in [0.717, 1.165) is 30.1 Å². The number of fused-ring (bicyclic) bond motifs is 1. The molecule has 0 aromatic carbocycles. The van der Waals surface area contributed by atoms with Gasteiger partial charge in [0.1, 0.15) is 11.2 Å². The first-order valence-electron chi connectivity index (χ1n) is 16.0. The van der Waals surface area contributed by atoms with Crippen molar-refractivity contribution in [3.8, 4) is 0 Å². The quantitative estimate of drug-likeness (QED) is 0.235. The van der Waals surface area contributed by atoms with Gasteiger partial charge in [-0.3, -0.25) is 9.79 Å². The maximum atomic E-state index is 10.2. The number of imidazole rings is 1. The maximum absolute atomic E-state index is 10.2. The number of carbonyl (C=O) groups excluding carboxylic acids is 1. The van der Waals surface area contributed by atoms with Crippen LogP contribution in [0.4, 0.5) is 0 Å². The van der Waals surface area contributed by atoms with Gasteiger partial charge >= 0.3 is 5.97 Å². The highest BCUT2D eigenvalue weighted by molar-refractivity contribution is 5.98. The van der Waals surface area contributed by atoms with Crippen molar-refractivity contribution < 1.29 is 9.53 Å². The molecule has 0 unspecified atom stereocenters. The van der Waals surface area contributed by atoms with E-state index in [4.69, 9.17) is 10.1 Å². The van der Waals surface area contributed by atoms with Gasteiger partial charge in [-0.05, 0) is 102 Å². The van der Waals surface area contributed by atoms with Gasteiger partial charge in [-0.2, -0.15) is 0 Å². The molecule has 2 aliphatic rings. The van der Waals surface area contributed by atoms with Crippen LogP contribution in [0.1, 0.15) is 125 Å². The minimum Gasteiger partial charge on any atom is -0.460 e. The summed E-state index contributed by atoms with van der Waals surface area (Å²) in [5.74, 6) is 1.68. The molecule has 4 rings (SSSR count). The Hall–Kier alpha value is -3.22. The third-order valence-electron chi connectivity index (χ3n) is 6.41. The molecule has 43 heavy (non-hydrogen) atoms. The van der Waals surface area contributed by atoms with Crippen molar-refractivity contribution >= 4 is 23.0 Å². The van der Waals surface area contributed by atoms with Gasteiger partial charge in [-0.1, -0.05) is 54.2 Å². The normalized spacial score (nSPS) is 14.4. The Morgan fingerprint density at radius 1 is 1.14 bits per heavy atom. The molecule has 0 atom stereocenters. The van der Waals surface area contributed by atoms with Crippen LogP contribution in [0.5, 0.6) is 0 Å². The molecule has 2 aliphatic carbocycles. The molecule has 2 aromatic rings. The van der Waals surface area contributed by atoms with Gasteiger partial charge in [0, 0.05) is 49.4 Å². The van der Waals surface area contributed by atoms with Crippen LogP contribution < -0.4 is 5.32 Å². The number of allylic oxidation sites excluding steroid dienone is 2. The summed E-state index contributed by atoms with van der Waals surface area (Å²) >= 11 is 0. The van der Waals surface area contributed by atoms with Gasteiger partial charge in [-0.15, -0.1) is 0 Å².